The molecule has 2 heterocycles. The van der Waals surface area contributed by atoms with Crippen LogP contribution in [0, 0.1) is 0 Å². The Kier molecular flexibility index (Phi) is 4.00. The van der Waals surface area contributed by atoms with Gasteiger partial charge >= 0.3 is 5.97 Å². The highest BCUT2D eigenvalue weighted by atomic mass is 35.5. The summed E-state index contributed by atoms with van der Waals surface area (Å²) in [5.41, 5.74) is 1.44. The van der Waals surface area contributed by atoms with Crippen LogP contribution in [0.15, 0.2) is 41.8 Å². The molecule has 0 fully saturated rings. The number of fused-ring (bicyclic) bond motifs is 1. The van der Waals surface area contributed by atoms with Crippen molar-refractivity contribution in [2.75, 3.05) is 0 Å². The summed E-state index contributed by atoms with van der Waals surface area (Å²) in [5.74, 6) is -0.887. The number of aromatic nitrogens is 4. The highest BCUT2D eigenvalue weighted by molar-refractivity contribution is 8.00. The minimum atomic E-state index is -0.887. The number of hydrogen-bond acceptors (Lipinski definition) is 5. The summed E-state index contributed by atoms with van der Waals surface area (Å²) in [5, 5.41) is 14.7. The predicted octanol–water partition coefficient (Wildman–Crippen LogP) is 3.03. The van der Waals surface area contributed by atoms with E-state index in [4.69, 9.17) is 16.7 Å². The van der Waals surface area contributed by atoms with Crippen molar-refractivity contribution in [3.05, 3.63) is 41.8 Å². The summed E-state index contributed by atoms with van der Waals surface area (Å²) in [4.78, 5) is 19.4. The molecule has 1 aromatic carbocycles. The number of carboxylic acid groups (broad SMARTS) is 1. The van der Waals surface area contributed by atoms with Gasteiger partial charge < -0.3 is 5.11 Å². The zero-order valence-electron chi connectivity index (χ0n) is 11.5. The molecule has 0 bridgehead atoms. The second-order valence-electron chi connectivity index (χ2n) is 4.55. The largest absolute Gasteiger partial charge is 0.480 e. The predicted molar refractivity (Wildman–Crippen MR) is 84.6 cm³/mol. The second kappa shape index (κ2) is 5.94. The molecular weight excluding hydrogens is 324 g/mol. The van der Waals surface area contributed by atoms with Crippen molar-refractivity contribution >= 4 is 40.4 Å². The fourth-order valence-corrected chi connectivity index (χ4v) is 2.85. The Balaban J connectivity index is 2.05. The third-order valence-corrected chi connectivity index (χ3v) is 4.39. The van der Waals surface area contributed by atoms with Gasteiger partial charge in [-0.05, 0) is 31.2 Å². The maximum Gasteiger partial charge on any atom is 0.316 e. The number of carboxylic acids is 1. The zero-order valence-corrected chi connectivity index (χ0v) is 13.0. The van der Waals surface area contributed by atoms with Crippen molar-refractivity contribution in [2.24, 2.45) is 0 Å². The highest BCUT2D eigenvalue weighted by Crippen LogP contribution is 2.28. The molecule has 0 amide bonds. The molecule has 0 aliphatic heterocycles. The quantitative estimate of drug-likeness (QED) is 0.583. The van der Waals surface area contributed by atoms with Gasteiger partial charge in [0.2, 0.25) is 0 Å². The average molecular weight is 335 g/mol. The number of hydrogen-bond donors (Lipinski definition) is 1. The van der Waals surface area contributed by atoms with Crippen LogP contribution < -0.4 is 0 Å². The van der Waals surface area contributed by atoms with Gasteiger partial charge in [-0.3, -0.25) is 4.79 Å². The summed E-state index contributed by atoms with van der Waals surface area (Å²) in [6.45, 7) is 1.62. The molecule has 1 N–H and O–H groups in total. The summed E-state index contributed by atoms with van der Waals surface area (Å²) < 4.78 is 1.67. The van der Waals surface area contributed by atoms with Crippen LogP contribution in [0.3, 0.4) is 0 Å². The molecule has 22 heavy (non-hydrogen) atoms. The number of halogens is 1. The van der Waals surface area contributed by atoms with Crippen LogP contribution in [-0.2, 0) is 4.79 Å². The lowest BCUT2D eigenvalue weighted by Gasteiger charge is -2.06. The van der Waals surface area contributed by atoms with E-state index >= 15 is 0 Å². The number of aliphatic carboxylic acids is 1. The summed E-state index contributed by atoms with van der Waals surface area (Å²) >= 11 is 7.06. The van der Waals surface area contributed by atoms with Crippen molar-refractivity contribution in [3.63, 3.8) is 0 Å². The van der Waals surface area contributed by atoms with Crippen LogP contribution in [0.25, 0.3) is 16.7 Å². The Morgan fingerprint density at radius 2 is 2.05 bits per heavy atom. The molecule has 0 radical (unpaired) electrons. The van der Waals surface area contributed by atoms with E-state index in [-0.39, 0.29) is 0 Å². The third kappa shape index (κ3) is 2.77. The first-order chi connectivity index (χ1) is 10.6. The van der Waals surface area contributed by atoms with Gasteiger partial charge in [0.1, 0.15) is 16.6 Å². The van der Waals surface area contributed by atoms with Gasteiger partial charge in [-0.25, -0.2) is 14.6 Å². The standard InChI is InChI=1S/C14H11ClN4O2S/c1-8(14(20)21)22-13-11-6-18-19(12(11)16-7-17-13)10-4-2-9(15)3-5-10/h2-8H,1H3,(H,20,21). The number of nitrogens with zero attached hydrogens (tertiary/aromatic N) is 4. The van der Waals surface area contributed by atoms with Gasteiger partial charge in [-0.2, -0.15) is 5.10 Å². The minimum absolute atomic E-state index is 0.597. The Labute approximate surface area is 135 Å². The van der Waals surface area contributed by atoms with Gasteiger partial charge in [0.05, 0.1) is 17.3 Å². The third-order valence-electron chi connectivity index (χ3n) is 3.04. The van der Waals surface area contributed by atoms with Gasteiger partial charge in [0, 0.05) is 5.02 Å². The van der Waals surface area contributed by atoms with Gasteiger partial charge in [0.25, 0.3) is 0 Å². The first-order valence-corrected chi connectivity index (χ1v) is 7.66. The van der Waals surface area contributed by atoms with E-state index in [1.54, 1.807) is 29.9 Å². The Morgan fingerprint density at radius 1 is 1.32 bits per heavy atom. The molecule has 6 nitrogen and oxygen atoms in total. The van der Waals surface area contributed by atoms with Crippen molar-refractivity contribution in [1.82, 2.24) is 19.7 Å². The topological polar surface area (TPSA) is 80.9 Å². The fourth-order valence-electron chi connectivity index (χ4n) is 1.91. The molecule has 3 aromatic rings. The van der Waals surface area contributed by atoms with E-state index in [1.165, 1.54) is 18.1 Å². The molecular formula is C14H11ClN4O2S. The van der Waals surface area contributed by atoms with Crippen LogP contribution in [-0.4, -0.2) is 36.1 Å². The molecule has 0 saturated heterocycles. The van der Waals surface area contributed by atoms with Gasteiger partial charge in [-0.15, -0.1) is 0 Å². The number of carbonyl (C=O) groups is 1. The lowest BCUT2D eigenvalue weighted by molar-refractivity contribution is -0.136. The average Bonchev–Trinajstić information content (AvgIpc) is 2.93. The molecule has 0 aliphatic rings. The van der Waals surface area contributed by atoms with E-state index in [0.29, 0.717) is 15.7 Å². The molecule has 0 saturated carbocycles. The van der Waals surface area contributed by atoms with Crippen LogP contribution in [0.5, 0.6) is 0 Å². The molecule has 112 valence electrons. The minimum Gasteiger partial charge on any atom is -0.480 e. The summed E-state index contributed by atoms with van der Waals surface area (Å²) in [6, 6.07) is 7.22. The fraction of sp³-hybridized carbons (Fsp3) is 0.143. The summed E-state index contributed by atoms with van der Waals surface area (Å²) in [6.07, 6.45) is 3.05. The molecule has 8 heteroatoms. The molecule has 3 rings (SSSR count). The van der Waals surface area contributed by atoms with Gasteiger partial charge in [0.15, 0.2) is 5.65 Å². The smallest absolute Gasteiger partial charge is 0.316 e. The number of rotatable bonds is 4. The van der Waals surface area contributed by atoms with Gasteiger partial charge in [-0.1, -0.05) is 23.4 Å². The maximum atomic E-state index is 11.0. The van der Waals surface area contributed by atoms with Crippen LogP contribution in [0.2, 0.25) is 5.02 Å². The monoisotopic (exact) mass is 334 g/mol. The lowest BCUT2D eigenvalue weighted by atomic mass is 10.3. The van der Waals surface area contributed by atoms with Crippen molar-refractivity contribution in [1.29, 1.82) is 0 Å². The van der Waals surface area contributed by atoms with Crippen LogP contribution >= 0.6 is 23.4 Å². The van der Waals surface area contributed by atoms with E-state index in [2.05, 4.69) is 15.1 Å². The lowest BCUT2D eigenvalue weighted by Crippen LogP contribution is -2.11. The number of thioether (sulfide) groups is 1. The van der Waals surface area contributed by atoms with Crippen molar-refractivity contribution in [2.45, 2.75) is 17.2 Å². The van der Waals surface area contributed by atoms with Crippen LogP contribution in [0.1, 0.15) is 6.92 Å². The molecule has 1 unspecified atom stereocenters. The Bertz CT molecular complexity index is 834. The highest BCUT2D eigenvalue weighted by Gasteiger charge is 2.17. The van der Waals surface area contributed by atoms with E-state index in [9.17, 15) is 4.79 Å². The SMILES string of the molecule is CC(Sc1ncnc2c1cnn2-c1ccc(Cl)cc1)C(=O)O. The maximum absolute atomic E-state index is 11.0. The van der Waals surface area contributed by atoms with Crippen molar-refractivity contribution in [3.8, 4) is 5.69 Å². The molecule has 1 atom stereocenters. The normalized spacial score (nSPS) is 12.5. The first-order valence-electron chi connectivity index (χ1n) is 6.40. The Morgan fingerprint density at radius 3 is 2.73 bits per heavy atom. The second-order valence-corrected chi connectivity index (χ2v) is 6.31. The molecule has 0 aliphatic carbocycles. The van der Waals surface area contributed by atoms with E-state index in [1.807, 2.05) is 12.1 Å². The zero-order chi connectivity index (χ0) is 15.7. The molecule has 0 spiro atoms. The number of benzene rings is 1. The first kappa shape index (κ1) is 14.8. The van der Waals surface area contributed by atoms with Crippen LogP contribution in [0.4, 0.5) is 0 Å². The Hall–Kier alpha value is -2.12. The summed E-state index contributed by atoms with van der Waals surface area (Å²) in [7, 11) is 0. The molecule has 2 aromatic heterocycles. The van der Waals surface area contributed by atoms with E-state index < -0.39 is 11.2 Å². The van der Waals surface area contributed by atoms with Crippen molar-refractivity contribution < 1.29 is 9.90 Å². The van der Waals surface area contributed by atoms with E-state index in [0.717, 1.165) is 11.1 Å².